The Balaban J connectivity index is 1.49. The molecular weight excluding hydrogens is 384 g/mol. The van der Waals surface area contributed by atoms with Crippen LogP contribution in [-0.4, -0.2) is 63.4 Å². The fraction of sp³-hybridized carbons (Fsp3) is 0.500. The van der Waals surface area contributed by atoms with E-state index >= 15 is 0 Å². The summed E-state index contributed by atoms with van der Waals surface area (Å²) in [6, 6.07) is 12.4. The summed E-state index contributed by atoms with van der Waals surface area (Å²) < 4.78 is 11.5. The molecule has 6 nitrogen and oxygen atoms in total. The SMILES string of the molecule is CCNC(=NCc1ccccc1OCCN1CCOCC1)NCCc1cccs1. The summed E-state index contributed by atoms with van der Waals surface area (Å²) >= 11 is 1.79. The molecule has 0 spiro atoms. The molecule has 0 amide bonds. The lowest BCUT2D eigenvalue weighted by molar-refractivity contribution is 0.0322. The first kappa shape index (κ1) is 21.6. The van der Waals surface area contributed by atoms with Gasteiger partial charge in [0, 0.05) is 43.2 Å². The molecule has 1 aliphatic heterocycles. The van der Waals surface area contributed by atoms with E-state index in [0.29, 0.717) is 13.2 Å². The zero-order valence-corrected chi connectivity index (χ0v) is 18.0. The van der Waals surface area contributed by atoms with Crippen molar-refractivity contribution in [3.05, 3.63) is 52.2 Å². The summed E-state index contributed by atoms with van der Waals surface area (Å²) in [5.74, 6) is 1.76. The van der Waals surface area contributed by atoms with Crippen molar-refractivity contribution in [3.8, 4) is 5.75 Å². The number of hydrogen-bond acceptors (Lipinski definition) is 5. The van der Waals surface area contributed by atoms with Gasteiger partial charge in [0.25, 0.3) is 0 Å². The topological polar surface area (TPSA) is 58.1 Å². The summed E-state index contributed by atoms with van der Waals surface area (Å²) in [5, 5.41) is 8.86. The number of aliphatic imine (C=N–C) groups is 1. The molecule has 1 aromatic carbocycles. The molecule has 158 valence electrons. The molecule has 3 rings (SSSR count). The molecule has 2 N–H and O–H groups in total. The van der Waals surface area contributed by atoms with E-state index in [0.717, 1.165) is 69.6 Å². The van der Waals surface area contributed by atoms with Gasteiger partial charge < -0.3 is 20.1 Å². The average Bonchev–Trinajstić information content (AvgIpc) is 3.27. The molecule has 0 aliphatic carbocycles. The Kier molecular flexibility index (Phi) is 9.29. The van der Waals surface area contributed by atoms with Gasteiger partial charge in [-0.2, -0.15) is 0 Å². The lowest BCUT2D eigenvalue weighted by Crippen LogP contribution is -2.38. The summed E-state index contributed by atoms with van der Waals surface area (Å²) in [7, 11) is 0. The van der Waals surface area contributed by atoms with Gasteiger partial charge in [-0.3, -0.25) is 4.90 Å². The van der Waals surface area contributed by atoms with Crippen LogP contribution in [0.1, 0.15) is 17.4 Å². The largest absolute Gasteiger partial charge is 0.492 e. The lowest BCUT2D eigenvalue weighted by atomic mass is 10.2. The molecule has 29 heavy (non-hydrogen) atoms. The van der Waals surface area contributed by atoms with E-state index < -0.39 is 0 Å². The molecule has 1 aliphatic rings. The van der Waals surface area contributed by atoms with Crippen molar-refractivity contribution in [3.63, 3.8) is 0 Å². The monoisotopic (exact) mass is 416 g/mol. The molecule has 1 saturated heterocycles. The third kappa shape index (κ3) is 7.68. The van der Waals surface area contributed by atoms with Gasteiger partial charge in [-0.1, -0.05) is 24.3 Å². The number of benzene rings is 1. The third-order valence-electron chi connectivity index (χ3n) is 4.74. The van der Waals surface area contributed by atoms with Crippen LogP contribution in [0.25, 0.3) is 0 Å². The minimum absolute atomic E-state index is 0.585. The Bertz CT molecular complexity index is 730. The quantitative estimate of drug-likeness (QED) is 0.461. The number of thiophene rings is 1. The lowest BCUT2D eigenvalue weighted by Gasteiger charge is -2.26. The van der Waals surface area contributed by atoms with Crippen LogP contribution in [0.5, 0.6) is 5.75 Å². The van der Waals surface area contributed by atoms with Crippen molar-refractivity contribution >= 4 is 17.3 Å². The highest BCUT2D eigenvalue weighted by Crippen LogP contribution is 2.19. The van der Waals surface area contributed by atoms with E-state index in [1.807, 2.05) is 18.2 Å². The second kappa shape index (κ2) is 12.5. The smallest absolute Gasteiger partial charge is 0.191 e. The molecule has 2 aromatic rings. The fourth-order valence-corrected chi connectivity index (χ4v) is 3.86. The fourth-order valence-electron chi connectivity index (χ4n) is 3.15. The second-order valence-corrected chi connectivity index (χ2v) is 7.89. The minimum atomic E-state index is 0.585. The predicted molar refractivity (Wildman–Crippen MR) is 120 cm³/mol. The van der Waals surface area contributed by atoms with E-state index in [2.05, 4.69) is 46.0 Å². The highest BCUT2D eigenvalue weighted by Gasteiger charge is 2.10. The van der Waals surface area contributed by atoms with Gasteiger partial charge in [-0.15, -0.1) is 11.3 Å². The number of nitrogens with one attached hydrogen (secondary N) is 2. The molecule has 0 bridgehead atoms. The number of para-hydroxylation sites is 1. The van der Waals surface area contributed by atoms with Crippen LogP contribution in [0.3, 0.4) is 0 Å². The molecule has 0 atom stereocenters. The van der Waals surface area contributed by atoms with E-state index in [-0.39, 0.29) is 0 Å². The van der Waals surface area contributed by atoms with Crippen molar-refractivity contribution < 1.29 is 9.47 Å². The van der Waals surface area contributed by atoms with Crippen molar-refractivity contribution in [2.75, 3.05) is 52.5 Å². The van der Waals surface area contributed by atoms with Crippen molar-refractivity contribution in [2.45, 2.75) is 19.9 Å². The molecule has 0 unspecified atom stereocenters. The maximum Gasteiger partial charge on any atom is 0.191 e. The van der Waals surface area contributed by atoms with Crippen molar-refractivity contribution in [1.82, 2.24) is 15.5 Å². The molecule has 0 radical (unpaired) electrons. The van der Waals surface area contributed by atoms with E-state index in [4.69, 9.17) is 14.5 Å². The Hall–Kier alpha value is -2.09. The molecule has 1 fully saturated rings. The number of morpholine rings is 1. The van der Waals surface area contributed by atoms with Crippen molar-refractivity contribution in [2.24, 2.45) is 4.99 Å². The zero-order valence-electron chi connectivity index (χ0n) is 17.2. The molecule has 1 aromatic heterocycles. The number of guanidine groups is 1. The first-order valence-corrected chi connectivity index (χ1v) is 11.3. The first-order valence-electron chi connectivity index (χ1n) is 10.4. The van der Waals surface area contributed by atoms with Crippen LogP contribution in [0.2, 0.25) is 0 Å². The van der Waals surface area contributed by atoms with Gasteiger partial charge in [0.1, 0.15) is 12.4 Å². The van der Waals surface area contributed by atoms with Crippen molar-refractivity contribution in [1.29, 1.82) is 0 Å². The Labute approximate surface area is 177 Å². The summed E-state index contributed by atoms with van der Waals surface area (Å²) in [4.78, 5) is 8.51. The first-order chi connectivity index (χ1) is 14.3. The van der Waals surface area contributed by atoms with Crippen LogP contribution in [0.4, 0.5) is 0 Å². The number of ether oxygens (including phenoxy) is 2. The Morgan fingerprint density at radius 2 is 2.03 bits per heavy atom. The number of hydrogen-bond donors (Lipinski definition) is 2. The van der Waals surface area contributed by atoms with E-state index in [1.165, 1.54) is 4.88 Å². The zero-order chi connectivity index (χ0) is 20.2. The highest BCUT2D eigenvalue weighted by atomic mass is 32.1. The highest BCUT2D eigenvalue weighted by molar-refractivity contribution is 7.09. The molecule has 7 heteroatoms. The van der Waals surface area contributed by atoms with Gasteiger partial charge in [-0.25, -0.2) is 4.99 Å². The molecule has 0 saturated carbocycles. The van der Waals surface area contributed by atoms with E-state index in [1.54, 1.807) is 11.3 Å². The molecule has 2 heterocycles. The van der Waals surface area contributed by atoms with Gasteiger partial charge in [0.2, 0.25) is 0 Å². The van der Waals surface area contributed by atoms with Crippen LogP contribution in [0, 0.1) is 0 Å². The Morgan fingerprint density at radius 3 is 2.83 bits per heavy atom. The van der Waals surface area contributed by atoms with Gasteiger partial charge >= 0.3 is 0 Å². The van der Waals surface area contributed by atoms with Crippen LogP contribution in [0.15, 0.2) is 46.8 Å². The third-order valence-corrected chi connectivity index (χ3v) is 5.67. The van der Waals surface area contributed by atoms with Crippen LogP contribution in [-0.2, 0) is 17.7 Å². The van der Waals surface area contributed by atoms with Gasteiger partial charge in [0.05, 0.1) is 19.8 Å². The van der Waals surface area contributed by atoms with Gasteiger partial charge in [0.15, 0.2) is 5.96 Å². The standard InChI is InChI=1S/C22H32N4O2S/c1-2-23-22(24-10-9-20-7-5-17-29-20)25-18-19-6-3-4-8-21(19)28-16-13-26-11-14-27-15-12-26/h3-8,17H,2,9-16,18H2,1H3,(H2,23,24,25). The van der Waals surface area contributed by atoms with Crippen LogP contribution >= 0.6 is 11.3 Å². The number of rotatable bonds is 10. The van der Waals surface area contributed by atoms with Crippen LogP contribution < -0.4 is 15.4 Å². The summed E-state index contributed by atoms with van der Waals surface area (Å²) in [6.07, 6.45) is 1.00. The maximum atomic E-state index is 6.07. The second-order valence-electron chi connectivity index (χ2n) is 6.86. The Morgan fingerprint density at radius 1 is 1.17 bits per heavy atom. The van der Waals surface area contributed by atoms with E-state index in [9.17, 15) is 0 Å². The summed E-state index contributed by atoms with van der Waals surface area (Å²) in [5.41, 5.74) is 1.10. The summed E-state index contributed by atoms with van der Waals surface area (Å²) in [6.45, 7) is 9.58. The minimum Gasteiger partial charge on any atom is -0.492 e. The van der Waals surface area contributed by atoms with Gasteiger partial charge in [-0.05, 0) is 30.9 Å². The number of nitrogens with zero attached hydrogens (tertiary/aromatic N) is 2. The maximum absolute atomic E-state index is 6.07. The predicted octanol–water partition coefficient (Wildman–Crippen LogP) is 2.76. The molecular formula is C22H32N4O2S. The normalized spacial score (nSPS) is 15.3. The average molecular weight is 417 g/mol.